The molecule has 148 valence electrons. The third-order valence-electron chi connectivity index (χ3n) is 5.48. The van der Waals surface area contributed by atoms with Gasteiger partial charge in [-0.2, -0.15) is 0 Å². The number of methoxy groups -OCH3 is 1. The number of hydrogen-bond donors (Lipinski definition) is 2. The second-order valence-electron chi connectivity index (χ2n) is 7.50. The number of carbonyl (C=O) groups is 1. The lowest BCUT2D eigenvalue weighted by atomic mass is 10.1. The van der Waals surface area contributed by atoms with Crippen molar-refractivity contribution in [1.29, 1.82) is 0 Å². The normalized spacial score (nSPS) is 24.6. The fourth-order valence-corrected chi connectivity index (χ4v) is 4.00. The summed E-state index contributed by atoms with van der Waals surface area (Å²) in [6, 6.07) is 11.1. The molecule has 28 heavy (non-hydrogen) atoms. The predicted molar refractivity (Wildman–Crippen MR) is 106 cm³/mol. The van der Waals surface area contributed by atoms with Crippen molar-refractivity contribution in [3.05, 3.63) is 52.3 Å². The van der Waals surface area contributed by atoms with Crippen LogP contribution in [0.3, 0.4) is 0 Å². The molecule has 0 aliphatic carbocycles. The van der Waals surface area contributed by atoms with E-state index in [0.29, 0.717) is 18.3 Å². The lowest BCUT2D eigenvalue weighted by molar-refractivity contribution is -0.0390. The van der Waals surface area contributed by atoms with E-state index >= 15 is 0 Å². The van der Waals surface area contributed by atoms with Gasteiger partial charge >= 0.3 is 0 Å². The fraction of sp³-hybridized carbons (Fsp3) is 0.429. The van der Waals surface area contributed by atoms with E-state index in [0.717, 1.165) is 30.8 Å². The molecule has 0 unspecified atom stereocenters. The minimum atomic E-state index is -0.390. The van der Waals surface area contributed by atoms with Crippen LogP contribution in [-0.4, -0.2) is 60.8 Å². The number of carbonyl (C=O) groups excluding carboxylic acids is 1. The zero-order chi connectivity index (χ0) is 19.7. The largest absolute Gasteiger partial charge is 0.497 e. The van der Waals surface area contributed by atoms with E-state index in [1.807, 2.05) is 24.3 Å². The third kappa shape index (κ3) is 3.81. The Hall–Kier alpha value is -2.64. The number of ether oxygens (including phenoxy) is 2. The van der Waals surface area contributed by atoms with Gasteiger partial charge in [0.15, 0.2) is 0 Å². The van der Waals surface area contributed by atoms with Crippen molar-refractivity contribution in [2.45, 2.75) is 31.5 Å². The van der Waals surface area contributed by atoms with E-state index in [4.69, 9.17) is 9.47 Å². The van der Waals surface area contributed by atoms with Crippen molar-refractivity contribution >= 4 is 5.91 Å². The quantitative estimate of drug-likeness (QED) is 0.839. The van der Waals surface area contributed by atoms with E-state index in [1.165, 1.54) is 0 Å². The number of benzene rings is 1. The number of aromatic nitrogens is 1. The highest BCUT2D eigenvalue weighted by Gasteiger charge is 2.37. The Labute approximate surface area is 163 Å². The summed E-state index contributed by atoms with van der Waals surface area (Å²) >= 11 is 0. The van der Waals surface area contributed by atoms with Crippen LogP contribution in [0.25, 0.3) is 11.3 Å². The molecule has 0 bridgehead atoms. The van der Waals surface area contributed by atoms with Crippen LogP contribution in [0.4, 0.5) is 0 Å². The first-order valence-corrected chi connectivity index (χ1v) is 9.57. The first-order chi connectivity index (χ1) is 13.5. The average molecular weight is 383 g/mol. The van der Waals surface area contributed by atoms with Crippen LogP contribution in [0.1, 0.15) is 23.7 Å². The number of morpholine rings is 1. The molecule has 2 N–H and O–H groups in total. The van der Waals surface area contributed by atoms with Crippen molar-refractivity contribution in [1.82, 2.24) is 15.2 Å². The number of rotatable bonds is 4. The molecule has 1 amide bonds. The van der Waals surface area contributed by atoms with Crippen molar-refractivity contribution < 1.29 is 14.3 Å². The number of aromatic amines is 1. The molecule has 2 saturated heterocycles. The van der Waals surface area contributed by atoms with Crippen LogP contribution in [-0.2, 0) is 4.74 Å². The molecule has 3 heterocycles. The van der Waals surface area contributed by atoms with Gasteiger partial charge in [-0.1, -0.05) is 0 Å². The van der Waals surface area contributed by atoms with Gasteiger partial charge in [0, 0.05) is 30.9 Å². The van der Waals surface area contributed by atoms with E-state index in [2.05, 4.69) is 22.1 Å². The van der Waals surface area contributed by atoms with E-state index in [1.54, 1.807) is 19.2 Å². The van der Waals surface area contributed by atoms with Gasteiger partial charge in [-0.05, 0) is 55.3 Å². The highest BCUT2D eigenvalue weighted by Crippen LogP contribution is 2.23. The molecule has 2 aromatic rings. The summed E-state index contributed by atoms with van der Waals surface area (Å²) in [5.41, 5.74) is 1.25. The first-order valence-electron chi connectivity index (χ1n) is 9.57. The molecule has 4 rings (SSSR count). The van der Waals surface area contributed by atoms with Crippen LogP contribution >= 0.6 is 0 Å². The molecule has 2 aliphatic heterocycles. The molecule has 0 radical (unpaired) electrons. The number of H-pyrrole nitrogens is 1. The Morgan fingerprint density at radius 3 is 2.71 bits per heavy atom. The molecule has 7 nitrogen and oxygen atoms in total. The molecule has 7 heteroatoms. The fourth-order valence-electron chi connectivity index (χ4n) is 4.00. The topological polar surface area (TPSA) is 83.7 Å². The first kappa shape index (κ1) is 18.7. The Kier molecular flexibility index (Phi) is 5.19. The Morgan fingerprint density at radius 1 is 1.21 bits per heavy atom. The average Bonchev–Trinajstić information content (AvgIpc) is 3.09. The number of hydrogen-bond acceptors (Lipinski definition) is 5. The van der Waals surface area contributed by atoms with Gasteiger partial charge in [-0.25, -0.2) is 0 Å². The van der Waals surface area contributed by atoms with E-state index in [-0.39, 0.29) is 23.6 Å². The third-order valence-corrected chi connectivity index (χ3v) is 5.48. The highest BCUT2D eigenvalue weighted by atomic mass is 16.5. The van der Waals surface area contributed by atoms with Crippen molar-refractivity contribution in [2.75, 3.05) is 26.8 Å². The van der Waals surface area contributed by atoms with E-state index < -0.39 is 5.56 Å². The molecular formula is C21H25N3O4. The number of nitrogens with one attached hydrogen (secondary N) is 2. The van der Waals surface area contributed by atoms with Gasteiger partial charge in [0.2, 0.25) is 0 Å². The Morgan fingerprint density at radius 2 is 2.00 bits per heavy atom. The monoisotopic (exact) mass is 383 g/mol. The van der Waals surface area contributed by atoms with Gasteiger partial charge in [0.05, 0.1) is 19.8 Å². The highest BCUT2D eigenvalue weighted by molar-refractivity contribution is 5.94. The Balaban J connectivity index is 1.44. The van der Waals surface area contributed by atoms with Gasteiger partial charge in [0.1, 0.15) is 11.3 Å². The number of fused-ring (bicyclic) bond motifs is 1. The summed E-state index contributed by atoms with van der Waals surface area (Å²) in [7, 11) is 1.61. The lowest BCUT2D eigenvalue weighted by Gasteiger charge is -2.33. The van der Waals surface area contributed by atoms with Gasteiger partial charge in [0.25, 0.3) is 11.5 Å². The van der Waals surface area contributed by atoms with Crippen LogP contribution in [0.15, 0.2) is 41.2 Å². The summed E-state index contributed by atoms with van der Waals surface area (Å²) in [6.45, 7) is 4.44. The maximum Gasteiger partial charge on any atom is 0.261 e. The van der Waals surface area contributed by atoms with Gasteiger partial charge in [-0.3, -0.25) is 14.5 Å². The zero-order valence-corrected chi connectivity index (χ0v) is 16.1. The van der Waals surface area contributed by atoms with Crippen molar-refractivity contribution in [3.63, 3.8) is 0 Å². The van der Waals surface area contributed by atoms with Crippen molar-refractivity contribution in [2.24, 2.45) is 0 Å². The lowest BCUT2D eigenvalue weighted by Crippen LogP contribution is -2.45. The molecule has 1 aromatic carbocycles. The van der Waals surface area contributed by atoms with Crippen LogP contribution in [0.5, 0.6) is 5.75 Å². The standard InChI is InChI=1S/C21H25N3O4/c1-13-10-24-11-15(9-16(24)12-28-13)22-20(25)18-7-8-19(23-21(18)26)14-3-5-17(27-2)6-4-14/h3-8,13,15-16H,9-12H2,1-2H3,(H,22,25)(H,23,26)/t13-,15+,16-/m0/s1. The number of amides is 1. The second kappa shape index (κ2) is 7.77. The smallest absolute Gasteiger partial charge is 0.261 e. The summed E-state index contributed by atoms with van der Waals surface area (Å²) in [5.74, 6) is 0.413. The molecule has 3 atom stereocenters. The second-order valence-corrected chi connectivity index (χ2v) is 7.50. The maximum absolute atomic E-state index is 12.6. The van der Waals surface area contributed by atoms with Gasteiger partial charge < -0.3 is 19.8 Å². The summed E-state index contributed by atoms with van der Waals surface area (Å²) in [6.07, 6.45) is 1.07. The number of pyridine rings is 1. The van der Waals surface area contributed by atoms with Crippen molar-refractivity contribution in [3.8, 4) is 17.0 Å². The summed E-state index contributed by atoms with van der Waals surface area (Å²) in [5, 5.41) is 3.01. The minimum Gasteiger partial charge on any atom is -0.497 e. The molecule has 2 aliphatic rings. The molecular weight excluding hydrogens is 358 g/mol. The molecule has 0 spiro atoms. The SMILES string of the molecule is COc1ccc(-c2ccc(C(=O)N[C@@H]3C[C@H]4CO[C@@H](C)CN4C3)c(=O)[nH]2)cc1. The molecule has 0 saturated carbocycles. The number of nitrogens with zero attached hydrogens (tertiary/aromatic N) is 1. The zero-order valence-electron chi connectivity index (χ0n) is 16.1. The van der Waals surface area contributed by atoms with Crippen LogP contribution < -0.4 is 15.6 Å². The Bertz CT molecular complexity index is 909. The predicted octanol–water partition coefficient (Wildman–Crippen LogP) is 1.64. The molecule has 2 fully saturated rings. The van der Waals surface area contributed by atoms with Crippen LogP contribution in [0.2, 0.25) is 0 Å². The van der Waals surface area contributed by atoms with E-state index in [9.17, 15) is 9.59 Å². The minimum absolute atomic E-state index is 0.0343. The summed E-state index contributed by atoms with van der Waals surface area (Å²) in [4.78, 5) is 30.3. The summed E-state index contributed by atoms with van der Waals surface area (Å²) < 4.78 is 10.8. The maximum atomic E-state index is 12.6. The van der Waals surface area contributed by atoms with Gasteiger partial charge in [-0.15, -0.1) is 0 Å². The molecule has 1 aromatic heterocycles. The van der Waals surface area contributed by atoms with Crippen LogP contribution in [0, 0.1) is 0 Å².